The van der Waals surface area contributed by atoms with Gasteiger partial charge in [0, 0.05) is 18.7 Å². The van der Waals surface area contributed by atoms with Crippen LogP contribution in [0.4, 0.5) is 5.69 Å². The molecule has 0 amide bonds. The molecule has 0 aliphatic heterocycles. The first-order valence-corrected chi connectivity index (χ1v) is 6.08. The summed E-state index contributed by atoms with van der Waals surface area (Å²) in [5.74, 6) is 1.21. The van der Waals surface area contributed by atoms with Crippen LogP contribution >= 0.6 is 0 Å². The van der Waals surface area contributed by atoms with Crippen molar-refractivity contribution in [2.75, 3.05) is 13.7 Å². The molecule has 0 heterocycles. The second-order valence-electron chi connectivity index (χ2n) is 4.84. The minimum absolute atomic E-state index is 0.347. The van der Waals surface area contributed by atoms with Crippen LogP contribution in [0.15, 0.2) is 34.3 Å². The number of aliphatic hydroxyl groups is 1. The van der Waals surface area contributed by atoms with Crippen molar-refractivity contribution in [2.45, 2.75) is 25.9 Å². The van der Waals surface area contributed by atoms with Crippen molar-refractivity contribution in [3.8, 4) is 5.75 Å². The maximum atomic E-state index is 9.49. The molecular weight excluding hydrogens is 242 g/mol. The predicted molar refractivity (Wildman–Crippen MR) is 78.6 cm³/mol. The predicted octanol–water partition coefficient (Wildman–Crippen LogP) is 1.92. The highest BCUT2D eigenvalue weighted by molar-refractivity contribution is 5.94. The minimum atomic E-state index is -0.796. The fourth-order valence-electron chi connectivity index (χ4n) is 1.34. The maximum Gasteiger partial charge on any atom is 0.121 e. The highest BCUT2D eigenvalue weighted by Gasteiger charge is 2.09. The lowest BCUT2D eigenvalue weighted by Gasteiger charge is -2.12. The van der Waals surface area contributed by atoms with Crippen molar-refractivity contribution in [3.63, 3.8) is 0 Å². The SMILES string of the molecule is COc1cccc(N=C(N)CC=NCC(C)(C)O)c1. The van der Waals surface area contributed by atoms with E-state index in [0.717, 1.165) is 11.4 Å². The average molecular weight is 263 g/mol. The highest BCUT2D eigenvalue weighted by Crippen LogP contribution is 2.19. The highest BCUT2D eigenvalue weighted by atomic mass is 16.5. The van der Waals surface area contributed by atoms with Crippen LogP contribution in [0.2, 0.25) is 0 Å². The molecule has 3 N–H and O–H groups in total. The molecule has 0 aliphatic rings. The van der Waals surface area contributed by atoms with E-state index in [1.165, 1.54) is 0 Å². The molecular formula is C14H21N3O2. The van der Waals surface area contributed by atoms with Crippen LogP contribution in [-0.4, -0.2) is 36.4 Å². The van der Waals surface area contributed by atoms with Gasteiger partial charge in [0.2, 0.25) is 0 Å². The van der Waals surface area contributed by atoms with Gasteiger partial charge in [-0.15, -0.1) is 0 Å². The summed E-state index contributed by atoms with van der Waals surface area (Å²) in [6, 6.07) is 7.36. The van der Waals surface area contributed by atoms with Crippen LogP contribution < -0.4 is 10.5 Å². The third kappa shape index (κ3) is 6.57. The topological polar surface area (TPSA) is 80.2 Å². The van der Waals surface area contributed by atoms with Gasteiger partial charge >= 0.3 is 0 Å². The lowest BCUT2D eigenvalue weighted by Crippen LogP contribution is -2.22. The molecule has 0 spiro atoms. The second-order valence-corrected chi connectivity index (χ2v) is 4.84. The molecule has 0 bridgehead atoms. The summed E-state index contributed by atoms with van der Waals surface area (Å²) in [6.07, 6.45) is 2.12. The Balaban J connectivity index is 2.57. The smallest absolute Gasteiger partial charge is 0.121 e. The summed E-state index contributed by atoms with van der Waals surface area (Å²) < 4.78 is 5.11. The molecule has 1 rings (SSSR count). The number of aliphatic imine (C=N–C) groups is 2. The van der Waals surface area contributed by atoms with Gasteiger partial charge < -0.3 is 15.6 Å². The second kappa shape index (κ2) is 6.89. The molecule has 5 heteroatoms. The van der Waals surface area contributed by atoms with Crippen LogP contribution in [0.25, 0.3) is 0 Å². The van der Waals surface area contributed by atoms with Gasteiger partial charge in [-0.05, 0) is 26.0 Å². The summed E-state index contributed by atoms with van der Waals surface area (Å²) in [5.41, 5.74) is 5.75. The first-order chi connectivity index (χ1) is 8.90. The van der Waals surface area contributed by atoms with Crippen molar-refractivity contribution in [1.82, 2.24) is 0 Å². The third-order valence-electron chi connectivity index (χ3n) is 2.23. The van der Waals surface area contributed by atoms with E-state index in [9.17, 15) is 5.11 Å². The molecule has 5 nitrogen and oxygen atoms in total. The summed E-state index contributed by atoms with van der Waals surface area (Å²) in [7, 11) is 1.61. The van der Waals surface area contributed by atoms with Crippen molar-refractivity contribution >= 4 is 17.7 Å². The lowest BCUT2D eigenvalue weighted by molar-refractivity contribution is 0.0905. The van der Waals surface area contributed by atoms with Crippen LogP contribution in [0.5, 0.6) is 5.75 Å². The minimum Gasteiger partial charge on any atom is -0.497 e. The molecule has 104 valence electrons. The van der Waals surface area contributed by atoms with Crippen LogP contribution in [0, 0.1) is 0 Å². The summed E-state index contributed by atoms with van der Waals surface area (Å²) >= 11 is 0. The number of hydrogen-bond donors (Lipinski definition) is 2. The molecule has 0 atom stereocenters. The average Bonchev–Trinajstić information content (AvgIpc) is 2.34. The van der Waals surface area contributed by atoms with E-state index in [2.05, 4.69) is 9.98 Å². The van der Waals surface area contributed by atoms with Gasteiger partial charge in [-0.2, -0.15) is 0 Å². The molecule has 0 unspecified atom stereocenters. The largest absolute Gasteiger partial charge is 0.497 e. The normalized spacial score (nSPS) is 12.9. The quantitative estimate of drug-likeness (QED) is 0.607. The van der Waals surface area contributed by atoms with Crippen LogP contribution in [0.1, 0.15) is 20.3 Å². The molecule has 0 aliphatic carbocycles. The van der Waals surface area contributed by atoms with Crippen molar-refractivity contribution < 1.29 is 9.84 Å². The summed E-state index contributed by atoms with van der Waals surface area (Å²) in [5, 5.41) is 9.49. The standard InChI is InChI=1S/C14H21N3O2/c1-14(2,18)10-16-8-7-13(15)17-11-5-4-6-12(9-11)19-3/h4-6,8-9,18H,7,10H2,1-3H3,(H2,15,17). The molecule has 0 aromatic heterocycles. The molecule has 1 aromatic rings. The number of rotatable bonds is 6. The number of nitrogens with zero attached hydrogens (tertiary/aromatic N) is 2. The lowest BCUT2D eigenvalue weighted by atomic mass is 10.1. The van der Waals surface area contributed by atoms with Crippen molar-refractivity contribution in [1.29, 1.82) is 0 Å². The van der Waals surface area contributed by atoms with Crippen LogP contribution in [-0.2, 0) is 0 Å². The van der Waals surface area contributed by atoms with Gasteiger partial charge in [-0.3, -0.25) is 4.99 Å². The van der Waals surface area contributed by atoms with E-state index in [1.807, 2.05) is 18.2 Å². The van der Waals surface area contributed by atoms with E-state index in [4.69, 9.17) is 10.5 Å². The number of ether oxygens (including phenoxy) is 1. The van der Waals surface area contributed by atoms with Crippen LogP contribution in [0.3, 0.4) is 0 Å². The monoisotopic (exact) mass is 263 g/mol. The van der Waals surface area contributed by atoms with Gasteiger partial charge in [0.05, 0.1) is 24.9 Å². The van der Waals surface area contributed by atoms with E-state index in [-0.39, 0.29) is 0 Å². The summed E-state index contributed by atoms with van der Waals surface area (Å²) in [6.45, 7) is 3.76. The molecule has 0 fully saturated rings. The Labute approximate surface area is 113 Å². The number of amidine groups is 1. The first-order valence-electron chi connectivity index (χ1n) is 6.08. The third-order valence-corrected chi connectivity index (χ3v) is 2.23. The van der Waals surface area contributed by atoms with Gasteiger partial charge in [0.25, 0.3) is 0 Å². The van der Waals surface area contributed by atoms with E-state index >= 15 is 0 Å². The zero-order chi connectivity index (χ0) is 14.3. The Morgan fingerprint density at radius 1 is 1.47 bits per heavy atom. The molecule has 0 saturated heterocycles. The number of benzene rings is 1. The zero-order valence-corrected chi connectivity index (χ0v) is 11.6. The number of hydrogen-bond acceptors (Lipinski definition) is 4. The number of nitrogens with two attached hydrogens (primary N) is 1. The van der Waals surface area contributed by atoms with E-state index < -0.39 is 5.60 Å². The Bertz CT molecular complexity index is 462. The molecule has 19 heavy (non-hydrogen) atoms. The van der Waals surface area contributed by atoms with Gasteiger partial charge in [0.1, 0.15) is 11.6 Å². The fraction of sp³-hybridized carbons (Fsp3) is 0.429. The Morgan fingerprint density at radius 2 is 2.21 bits per heavy atom. The van der Waals surface area contributed by atoms with Crippen molar-refractivity contribution in [2.24, 2.45) is 15.7 Å². The Hall–Kier alpha value is -1.88. The number of methoxy groups -OCH3 is 1. The molecule has 0 radical (unpaired) electrons. The van der Waals surface area contributed by atoms with Gasteiger partial charge in [-0.25, -0.2) is 4.99 Å². The molecule has 1 aromatic carbocycles. The Kier molecular flexibility index (Phi) is 5.51. The van der Waals surface area contributed by atoms with E-state index in [0.29, 0.717) is 18.8 Å². The fourth-order valence-corrected chi connectivity index (χ4v) is 1.34. The maximum absolute atomic E-state index is 9.49. The zero-order valence-electron chi connectivity index (χ0n) is 11.6. The first kappa shape index (κ1) is 15.2. The molecule has 0 saturated carbocycles. The Morgan fingerprint density at radius 3 is 2.84 bits per heavy atom. The van der Waals surface area contributed by atoms with Crippen molar-refractivity contribution in [3.05, 3.63) is 24.3 Å². The summed E-state index contributed by atoms with van der Waals surface area (Å²) in [4.78, 5) is 8.36. The van der Waals surface area contributed by atoms with Gasteiger partial charge in [-0.1, -0.05) is 6.07 Å². The van der Waals surface area contributed by atoms with E-state index in [1.54, 1.807) is 33.2 Å². The van der Waals surface area contributed by atoms with Gasteiger partial charge in [0.15, 0.2) is 0 Å².